The van der Waals surface area contributed by atoms with Gasteiger partial charge >= 0.3 is 11.8 Å². The molecule has 0 saturated carbocycles. The number of oxime groups is 1. The van der Waals surface area contributed by atoms with Crippen LogP contribution in [0.4, 0.5) is 13.6 Å². The number of aromatic amines is 1. The largest absolute Gasteiger partial charge is 0.440 e. The summed E-state index contributed by atoms with van der Waals surface area (Å²) in [5, 5.41) is 13.4. The predicted molar refractivity (Wildman–Crippen MR) is 140 cm³/mol. The molecule has 10 nitrogen and oxygen atoms in total. The number of H-pyrrole nitrogens is 1. The summed E-state index contributed by atoms with van der Waals surface area (Å²) in [6.07, 6.45) is 3.42. The molecule has 0 unspecified atom stereocenters. The number of carbonyl (C=O) groups excluding carboxylic acids is 1. The number of halogens is 2. The number of ether oxygens (including phenoxy) is 1. The first-order valence-electron chi connectivity index (χ1n) is 13.1. The molecule has 1 fully saturated rings. The Hall–Kier alpha value is -4.61. The van der Waals surface area contributed by atoms with Gasteiger partial charge in [0.1, 0.15) is 6.10 Å². The molecule has 2 aliphatic rings. The standard InChI is InChI=1S/C28H26F2N6O4/c29-20-6-1-4-17(23(20)30)18-8-9-22(25-19(24(18)34-39)5-2-12-31-25)40-28(38)35-14-10-16(11-15-35)36-21-7-3-13-32-26(21)33-27(36)37/h1-7,12-13,16,18,22,39H,8-11,14-15H2,(H,32,33,37)/b34-24-/t18-,22+/m0/s1. The molecule has 6 rings (SSSR count). The molecular weight excluding hydrogens is 522 g/mol. The minimum absolute atomic E-state index is 0.0550. The van der Waals surface area contributed by atoms with E-state index in [0.717, 1.165) is 11.6 Å². The Balaban J connectivity index is 1.20. The third-order valence-electron chi connectivity index (χ3n) is 7.75. The maximum atomic E-state index is 14.8. The fraction of sp³-hybridized carbons (Fsp3) is 0.321. The van der Waals surface area contributed by atoms with Crippen LogP contribution >= 0.6 is 0 Å². The average Bonchev–Trinajstić information content (AvgIpc) is 3.23. The number of imidazole rings is 1. The van der Waals surface area contributed by atoms with E-state index in [9.17, 15) is 23.6 Å². The van der Waals surface area contributed by atoms with E-state index in [-0.39, 0.29) is 35.8 Å². The topological polar surface area (TPSA) is 126 Å². The number of benzene rings is 1. The number of nitrogens with one attached hydrogen (secondary N) is 1. The van der Waals surface area contributed by atoms with E-state index < -0.39 is 29.7 Å². The van der Waals surface area contributed by atoms with Crippen LogP contribution in [0.1, 0.15) is 60.6 Å². The summed E-state index contributed by atoms with van der Waals surface area (Å²) >= 11 is 0. The van der Waals surface area contributed by atoms with E-state index in [1.807, 2.05) is 6.07 Å². The van der Waals surface area contributed by atoms with Crippen LogP contribution in [0, 0.1) is 11.6 Å². The Bertz CT molecular complexity index is 1660. The van der Waals surface area contributed by atoms with Crippen LogP contribution in [0.5, 0.6) is 0 Å². The molecule has 0 bridgehead atoms. The molecule has 4 aromatic rings. The van der Waals surface area contributed by atoms with Gasteiger partial charge in [-0.3, -0.25) is 14.5 Å². The highest BCUT2D eigenvalue weighted by atomic mass is 19.2. The summed E-state index contributed by atoms with van der Waals surface area (Å²) in [4.78, 5) is 38.8. The van der Waals surface area contributed by atoms with Gasteiger partial charge < -0.3 is 14.8 Å². The second-order valence-corrected chi connectivity index (χ2v) is 9.96. The molecule has 1 aliphatic carbocycles. The van der Waals surface area contributed by atoms with Gasteiger partial charge in [0.05, 0.1) is 16.9 Å². The SMILES string of the molecule is O=C(O[C@@H]1CC[C@@H](c2cccc(F)c2F)/C(=N/O)c2cccnc21)N1CCC(n2c(=O)[nH]c3ncccc32)CC1. The summed E-state index contributed by atoms with van der Waals surface area (Å²) in [5.74, 6) is -2.78. The average molecular weight is 549 g/mol. The molecule has 1 aliphatic heterocycles. The molecule has 12 heteroatoms. The number of likely N-dealkylation sites (tertiary alicyclic amines) is 1. The highest BCUT2D eigenvalue weighted by Crippen LogP contribution is 2.39. The van der Waals surface area contributed by atoms with Crippen molar-refractivity contribution in [2.75, 3.05) is 13.1 Å². The zero-order chi connectivity index (χ0) is 27.8. The van der Waals surface area contributed by atoms with Crippen molar-refractivity contribution in [3.8, 4) is 0 Å². The Kier molecular flexibility index (Phi) is 6.74. The zero-order valence-electron chi connectivity index (χ0n) is 21.3. The summed E-state index contributed by atoms with van der Waals surface area (Å²) < 4.78 is 36.4. The van der Waals surface area contributed by atoms with Gasteiger partial charge in [-0.2, -0.15) is 0 Å². The molecule has 2 N–H and O–H groups in total. The van der Waals surface area contributed by atoms with E-state index in [0.29, 0.717) is 42.8 Å². The highest BCUT2D eigenvalue weighted by molar-refractivity contribution is 6.06. The van der Waals surface area contributed by atoms with Crippen molar-refractivity contribution in [2.45, 2.75) is 43.7 Å². The number of hydrogen-bond donors (Lipinski definition) is 2. The fourth-order valence-electron chi connectivity index (χ4n) is 5.82. The summed E-state index contributed by atoms with van der Waals surface area (Å²) in [6, 6.07) is 10.7. The van der Waals surface area contributed by atoms with E-state index in [4.69, 9.17) is 4.74 Å². The van der Waals surface area contributed by atoms with E-state index in [1.165, 1.54) is 18.3 Å². The van der Waals surface area contributed by atoms with E-state index in [2.05, 4.69) is 20.1 Å². The fourth-order valence-corrected chi connectivity index (χ4v) is 5.82. The molecule has 40 heavy (non-hydrogen) atoms. The minimum Gasteiger partial charge on any atom is -0.440 e. The van der Waals surface area contributed by atoms with Gasteiger partial charge in [-0.05, 0) is 56.0 Å². The lowest BCUT2D eigenvalue weighted by Gasteiger charge is -2.32. The normalized spacial score (nSPS) is 20.9. The Labute approximate surface area is 226 Å². The number of aromatic nitrogens is 4. The number of fused-ring (bicyclic) bond motifs is 2. The lowest BCUT2D eigenvalue weighted by Crippen LogP contribution is -2.41. The predicted octanol–water partition coefficient (Wildman–Crippen LogP) is 4.67. The van der Waals surface area contributed by atoms with Gasteiger partial charge in [-0.1, -0.05) is 17.3 Å². The quantitative estimate of drug-likeness (QED) is 0.218. The number of rotatable bonds is 3. The Morgan fingerprint density at radius 2 is 1.80 bits per heavy atom. The first-order chi connectivity index (χ1) is 19.5. The van der Waals surface area contributed by atoms with E-state index in [1.54, 1.807) is 33.9 Å². The van der Waals surface area contributed by atoms with Crippen molar-refractivity contribution in [1.82, 2.24) is 24.4 Å². The van der Waals surface area contributed by atoms with Crippen LogP contribution in [0.25, 0.3) is 11.2 Å². The number of hydrogen-bond acceptors (Lipinski definition) is 7. The zero-order valence-corrected chi connectivity index (χ0v) is 21.3. The molecule has 1 amide bonds. The van der Waals surface area contributed by atoms with Crippen LogP contribution < -0.4 is 5.69 Å². The molecule has 0 spiro atoms. The van der Waals surface area contributed by atoms with Gasteiger partial charge in [-0.25, -0.2) is 23.4 Å². The molecule has 0 radical (unpaired) electrons. The lowest BCUT2D eigenvalue weighted by molar-refractivity contribution is 0.0473. The van der Waals surface area contributed by atoms with Gasteiger partial charge in [0.25, 0.3) is 0 Å². The summed E-state index contributed by atoms with van der Waals surface area (Å²) in [6.45, 7) is 0.760. The summed E-state index contributed by atoms with van der Waals surface area (Å²) in [7, 11) is 0. The van der Waals surface area contributed by atoms with Crippen LogP contribution in [0.3, 0.4) is 0 Å². The van der Waals surface area contributed by atoms with Crippen LogP contribution in [-0.2, 0) is 4.74 Å². The second-order valence-electron chi connectivity index (χ2n) is 9.96. The first kappa shape index (κ1) is 25.7. The number of pyridine rings is 2. The third kappa shape index (κ3) is 4.48. The lowest BCUT2D eigenvalue weighted by atomic mass is 9.88. The Morgan fingerprint density at radius 3 is 2.60 bits per heavy atom. The van der Waals surface area contributed by atoms with Gasteiger partial charge in [0, 0.05) is 48.6 Å². The highest BCUT2D eigenvalue weighted by Gasteiger charge is 2.36. The van der Waals surface area contributed by atoms with Crippen molar-refractivity contribution >= 4 is 23.0 Å². The van der Waals surface area contributed by atoms with Crippen LogP contribution in [0.15, 0.2) is 64.8 Å². The number of piperidine rings is 1. The molecule has 1 saturated heterocycles. The van der Waals surface area contributed by atoms with Crippen molar-refractivity contribution in [3.05, 3.63) is 93.8 Å². The molecule has 2 atom stereocenters. The molecule has 206 valence electrons. The number of amides is 1. The third-order valence-corrected chi connectivity index (χ3v) is 7.75. The molecular formula is C28H26F2N6O4. The smallest absolute Gasteiger partial charge is 0.410 e. The van der Waals surface area contributed by atoms with Crippen molar-refractivity contribution < 1.29 is 23.5 Å². The van der Waals surface area contributed by atoms with Crippen molar-refractivity contribution in [3.63, 3.8) is 0 Å². The van der Waals surface area contributed by atoms with Gasteiger partial charge in [0.15, 0.2) is 17.3 Å². The molecule has 4 heterocycles. The molecule has 1 aromatic carbocycles. The molecule has 3 aromatic heterocycles. The minimum atomic E-state index is -1.01. The maximum Gasteiger partial charge on any atom is 0.410 e. The summed E-state index contributed by atoms with van der Waals surface area (Å²) in [5.41, 5.74) is 1.98. The monoisotopic (exact) mass is 548 g/mol. The van der Waals surface area contributed by atoms with E-state index >= 15 is 0 Å². The second kappa shape index (κ2) is 10.5. The Morgan fingerprint density at radius 1 is 1.02 bits per heavy atom. The number of carbonyl (C=O) groups is 1. The first-order valence-corrected chi connectivity index (χ1v) is 13.1. The van der Waals surface area contributed by atoms with Crippen molar-refractivity contribution in [1.29, 1.82) is 0 Å². The maximum absolute atomic E-state index is 14.8. The van der Waals surface area contributed by atoms with Gasteiger partial charge in [0.2, 0.25) is 0 Å². The van der Waals surface area contributed by atoms with Crippen LogP contribution in [-0.4, -0.2) is 54.5 Å². The van der Waals surface area contributed by atoms with Crippen LogP contribution in [0.2, 0.25) is 0 Å². The van der Waals surface area contributed by atoms with Gasteiger partial charge in [-0.15, -0.1) is 0 Å². The number of nitrogens with zero attached hydrogens (tertiary/aromatic N) is 5. The van der Waals surface area contributed by atoms with Crippen molar-refractivity contribution in [2.24, 2.45) is 5.16 Å².